The van der Waals surface area contributed by atoms with E-state index >= 15 is 0 Å². The fourth-order valence-corrected chi connectivity index (χ4v) is 3.01. The summed E-state index contributed by atoms with van der Waals surface area (Å²) < 4.78 is 5.28. The van der Waals surface area contributed by atoms with E-state index in [-0.39, 0.29) is 17.6 Å². The van der Waals surface area contributed by atoms with Crippen molar-refractivity contribution in [1.29, 1.82) is 5.26 Å². The van der Waals surface area contributed by atoms with Crippen LogP contribution in [0.1, 0.15) is 32.9 Å². The van der Waals surface area contributed by atoms with E-state index in [1.165, 1.54) is 0 Å². The van der Waals surface area contributed by atoms with Crippen molar-refractivity contribution in [3.05, 3.63) is 22.8 Å². The highest BCUT2D eigenvalue weighted by molar-refractivity contribution is 6.31. The molecule has 6 heteroatoms. The molecule has 0 amide bonds. The summed E-state index contributed by atoms with van der Waals surface area (Å²) in [5.41, 5.74) is -0.318. The number of hydrogen-bond donors (Lipinski definition) is 0. The van der Waals surface area contributed by atoms with Crippen LogP contribution >= 0.6 is 11.6 Å². The molecule has 1 aromatic heterocycles. The maximum absolute atomic E-state index is 12.4. The van der Waals surface area contributed by atoms with Crippen LogP contribution in [0.3, 0.4) is 0 Å². The molecule has 1 saturated heterocycles. The molecular weight excluding hydrogens is 302 g/mol. The molecule has 0 saturated carbocycles. The highest BCUT2D eigenvalue weighted by atomic mass is 35.5. The number of aromatic nitrogens is 1. The second-order valence-corrected chi connectivity index (χ2v) is 6.22. The molecule has 1 atom stereocenters. The quantitative estimate of drug-likeness (QED) is 0.797. The Kier molecular flexibility index (Phi) is 4.92. The van der Waals surface area contributed by atoms with Crippen LogP contribution < -0.4 is 4.90 Å². The highest BCUT2D eigenvalue weighted by Gasteiger charge is 2.48. The topological polar surface area (TPSA) is 66.2 Å². The molecule has 5 nitrogen and oxygen atoms in total. The number of nitriles is 1. The fourth-order valence-electron chi connectivity index (χ4n) is 2.86. The van der Waals surface area contributed by atoms with Crippen LogP contribution in [-0.4, -0.2) is 30.6 Å². The Morgan fingerprint density at radius 2 is 2.32 bits per heavy atom. The third kappa shape index (κ3) is 2.89. The van der Waals surface area contributed by atoms with E-state index in [1.807, 2.05) is 31.7 Å². The van der Waals surface area contributed by atoms with Crippen LogP contribution in [0, 0.1) is 22.7 Å². The first-order valence-electron chi connectivity index (χ1n) is 7.43. The van der Waals surface area contributed by atoms with Crippen LogP contribution in [0.5, 0.6) is 0 Å². The van der Waals surface area contributed by atoms with Gasteiger partial charge in [-0.1, -0.05) is 25.4 Å². The summed E-state index contributed by atoms with van der Waals surface area (Å²) in [6, 6.07) is 5.44. The molecule has 1 aliphatic rings. The first-order valence-corrected chi connectivity index (χ1v) is 7.81. The van der Waals surface area contributed by atoms with Gasteiger partial charge in [0.2, 0.25) is 0 Å². The molecule has 1 aromatic rings. The number of hydrogen-bond acceptors (Lipinski definition) is 5. The molecule has 1 fully saturated rings. The van der Waals surface area contributed by atoms with Crippen LogP contribution in [-0.2, 0) is 9.53 Å². The Morgan fingerprint density at radius 3 is 2.91 bits per heavy atom. The van der Waals surface area contributed by atoms with Gasteiger partial charge in [-0.05, 0) is 31.4 Å². The summed E-state index contributed by atoms with van der Waals surface area (Å²) in [6.45, 7) is 7.52. The molecule has 22 heavy (non-hydrogen) atoms. The molecule has 0 bridgehead atoms. The monoisotopic (exact) mass is 321 g/mol. The molecular formula is C16H20ClN3O2. The van der Waals surface area contributed by atoms with E-state index in [2.05, 4.69) is 4.98 Å². The van der Waals surface area contributed by atoms with Crippen molar-refractivity contribution < 1.29 is 9.53 Å². The van der Waals surface area contributed by atoms with Crippen molar-refractivity contribution in [2.75, 3.05) is 24.6 Å². The maximum Gasteiger partial charge on any atom is 0.314 e. The van der Waals surface area contributed by atoms with Crippen molar-refractivity contribution >= 4 is 23.4 Å². The molecule has 0 spiro atoms. The summed E-state index contributed by atoms with van der Waals surface area (Å²) in [5, 5.41) is 9.38. The molecule has 2 rings (SSSR count). The molecule has 0 N–H and O–H groups in total. The van der Waals surface area contributed by atoms with E-state index < -0.39 is 5.41 Å². The Bertz CT molecular complexity index is 612. The molecule has 0 aliphatic carbocycles. The van der Waals surface area contributed by atoms with Gasteiger partial charge in [-0.25, -0.2) is 4.98 Å². The highest BCUT2D eigenvalue weighted by Crippen LogP contribution is 2.40. The minimum absolute atomic E-state index is 0.151. The standard InChI is InChI=1S/C16H20ClN3O2/c1-4-22-15(21)16(11(2)3)7-8-20(10-16)14-6-5-12(17)13(9-18)19-14/h5-6,11H,4,7-8,10H2,1-3H3. The number of anilines is 1. The first kappa shape index (κ1) is 16.6. The van der Waals surface area contributed by atoms with Crippen LogP contribution in [0.4, 0.5) is 5.82 Å². The molecule has 0 aromatic carbocycles. The number of rotatable bonds is 4. The number of ether oxygens (including phenoxy) is 1. The average Bonchev–Trinajstić information content (AvgIpc) is 2.94. The second-order valence-electron chi connectivity index (χ2n) is 5.81. The second kappa shape index (κ2) is 6.53. The van der Waals surface area contributed by atoms with Crippen molar-refractivity contribution in [3.63, 3.8) is 0 Å². The van der Waals surface area contributed by atoms with Gasteiger partial charge >= 0.3 is 5.97 Å². The molecule has 1 aliphatic heterocycles. The summed E-state index contributed by atoms with van der Waals surface area (Å²) in [5.74, 6) is 0.689. The Morgan fingerprint density at radius 1 is 1.59 bits per heavy atom. The van der Waals surface area contributed by atoms with Crippen LogP contribution in [0.2, 0.25) is 5.02 Å². The SMILES string of the molecule is CCOC(=O)C1(C(C)C)CCN(c2ccc(Cl)c(C#N)n2)C1. The van der Waals surface area contributed by atoms with Crippen molar-refractivity contribution in [2.45, 2.75) is 27.2 Å². The minimum Gasteiger partial charge on any atom is -0.466 e. The van der Waals surface area contributed by atoms with Crippen molar-refractivity contribution in [2.24, 2.45) is 11.3 Å². The van der Waals surface area contributed by atoms with Gasteiger partial charge in [0.05, 0.1) is 17.0 Å². The first-order chi connectivity index (χ1) is 10.4. The van der Waals surface area contributed by atoms with Gasteiger partial charge in [-0.2, -0.15) is 5.26 Å². The van der Waals surface area contributed by atoms with Gasteiger partial charge in [-0.15, -0.1) is 0 Å². The zero-order valence-electron chi connectivity index (χ0n) is 13.1. The Labute approximate surface area is 135 Å². The number of halogens is 1. The molecule has 118 valence electrons. The fraction of sp³-hybridized carbons (Fsp3) is 0.562. The molecule has 2 heterocycles. The molecule has 1 unspecified atom stereocenters. The number of carbonyl (C=O) groups excluding carboxylic acids is 1. The molecule has 0 radical (unpaired) electrons. The Hall–Kier alpha value is -1.80. The number of pyridine rings is 1. The summed E-state index contributed by atoms with van der Waals surface area (Å²) in [7, 11) is 0. The number of esters is 1. The third-order valence-electron chi connectivity index (χ3n) is 4.35. The number of carbonyl (C=O) groups is 1. The van der Waals surface area contributed by atoms with Crippen molar-refractivity contribution in [3.8, 4) is 6.07 Å². The normalized spacial score (nSPS) is 21.0. The van der Waals surface area contributed by atoms with Gasteiger partial charge in [0.15, 0.2) is 5.69 Å². The average molecular weight is 322 g/mol. The summed E-state index contributed by atoms with van der Waals surface area (Å²) >= 11 is 5.92. The van der Waals surface area contributed by atoms with Gasteiger partial charge in [0.25, 0.3) is 0 Å². The Balaban J connectivity index is 2.27. The van der Waals surface area contributed by atoms with Crippen molar-refractivity contribution in [1.82, 2.24) is 4.98 Å². The lowest BCUT2D eigenvalue weighted by Crippen LogP contribution is -2.40. The van der Waals surface area contributed by atoms with Crippen LogP contribution in [0.15, 0.2) is 12.1 Å². The van der Waals surface area contributed by atoms with Gasteiger partial charge in [-0.3, -0.25) is 4.79 Å². The third-order valence-corrected chi connectivity index (χ3v) is 4.65. The van der Waals surface area contributed by atoms with Crippen LogP contribution in [0.25, 0.3) is 0 Å². The van der Waals surface area contributed by atoms with E-state index in [4.69, 9.17) is 21.6 Å². The number of nitrogens with zero attached hydrogens (tertiary/aromatic N) is 3. The van der Waals surface area contributed by atoms with E-state index in [0.717, 1.165) is 6.42 Å². The smallest absolute Gasteiger partial charge is 0.314 e. The lowest BCUT2D eigenvalue weighted by Gasteiger charge is -2.31. The van der Waals surface area contributed by atoms with E-state index in [0.29, 0.717) is 30.5 Å². The van der Waals surface area contributed by atoms with E-state index in [9.17, 15) is 4.79 Å². The predicted octanol–water partition coefficient (Wildman–Crippen LogP) is 3.02. The lowest BCUT2D eigenvalue weighted by atomic mass is 9.76. The van der Waals surface area contributed by atoms with Gasteiger partial charge in [0.1, 0.15) is 11.9 Å². The zero-order chi connectivity index (χ0) is 16.3. The largest absolute Gasteiger partial charge is 0.466 e. The van der Waals surface area contributed by atoms with E-state index in [1.54, 1.807) is 12.1 Å². The summed E-state index contributed by atoms with van der Waals surface area (Å²) in [4.78, 5) is 18.7. The van der Waals surface area contributed by atoms with Gasteiger partial charge < -0.3 is 9.64 Å². The summed E-state index contributed by atoms with van der Waals surface area (Å²) in [6.07, 6.45) is 0.718. The lowest BCUT2D eigenvalue weighted by molar-refractivity contribution is -0.156. The zero-order valence-corrected chi connectivity index (χ0v) is 13.9. The van der Waals surface area contributed by atoms with Gasteiger partial charge in [0, 0.05) is 13.1 Å². The predicted molar refractivity (Wildman–Crippen MR) is 84.7 cm³/mol. The minimum atomic E-state index is -0.524. The maximum atomic E-state index is 12.4.